The number of anilines is 4. The molecule has 0 radical (unpaired) electrons. The maximum Gasteiger partial charge on any atom is 0.227 e. The van der Waals surface area contributed by atoms with Gasteiger partial charge in [-0.15, -0.1) is 12.4 Å². The van der Waals surface area contributed by atoms with Crippen molar-refractivity contribution in [3.8, 4) is 0 Å². The minimum absolute atomic E-state index is 0. The van der Waals surface area contributed by atoms with Crippen LogP contribution in [0.2, 0.25) is 0 Å². The summed E-state index contributed by atoms with van der Waals surface area (Å²) in [5.74, 6) is 1.96. The number of nitrogens with one attached hydrogen (secondary N) is 2. The van der Waals surface area contributed by atoms with Crippen LogP contribution in [0.15, 0.2) is 48.9 Å². The second kappa shape index (κ2) is 8.97. The van der Waals surface area contributed by atoms with Gasteiger partial charge in [0.15, 0.2) is 0 Å². The van der Waals surface area contributed by atoms with E-state index in [1.807, 2.05) is 11.8 Å². The monoisotopic (exact) mass is 417 g/mol. The molecule has 0 saturated carbocycles. The molecule has 0 spiro atoms. The van der Waals surface area contributed by atoms with Gasteiger partial charge in [0, 0.05) is 31.5 Å². The smallest absolute Gasteiger partial charge is 0.227 e. The van der Waals surface area contributed by atoms with Crippen LogP contribution in [-0.4, -0.2) is 44.2 Å². The van der Waals surface area contributed by atoms with E-state index in [2.05, 4.69) is 30.6 Å². The molecule has 10 heteroatoms. The summed E-state index contributed by atoms with van der Waals surface area (Å²) in [6.07, 6.45) is 4.44. The molecule has 3 aromatic rings. The second-order valence-corrected chi connectivity index (χ2v) is 6.63. The maximum atomic E-state index is 13.2. The number of hydrogen-bond donors (Lipinski definition) is 3. The Morgan fingerprint density at radius 3 is 2.55 bits per heavy atom. The van der Waals surface area contributed by atoms with Gasteiger partial charge in [0.25, 0.3) is 0 Å². The number of rotatable bonds is 6. The highest BCUT2D eigenvalue weighted by Crippen LogP contribution is 2.26. The van der Waals surface area contributed by atoms with Gasteiger partial charge in [-0.1, -0.05) is 12.1 Å². The molecule has 1 aliphatic rings. The van der Waals surface area contributed by atoms with Gasteiger partial charge in [-0.2, -0.15) is 9.97 Å². The van der Waals surface area contributed by atoms with Crippen LogP contribution in [0.5, 0.6) is 0 Å². The first kappa shape index (κ1) is 20.7. The number of nitrogens with zero attached hydrogens (tertiary/aromatic N) is 5. The number of aliphatic hydroxyl groups excluding tert-OH is 1. The summed E-state index contributed by atoms with van der Waals surface area (Å²) in [6.45, 7) is 3.00. The number of benzene rings is 1. The molecule has 1 fully saturated rings. The van der Waals surface area contributed by atoms with Crippen LogP contribution in [-0.2, 0) is 0 Å². The van der Waals surface area contributed by atoms with Gasteiger partial charge in [-0.05, 0) is 24.6 Å². The molecule has 0 bridgehead atoms. The van der Waals surface area contributed by atoms with Gasteiger partial charge in [-0.3, -0.25) is 4.98 Å². The van der Waals surface area contributed by atoms with Crippen LogP contribution in [0.25, 0.3) is 0 Å². The number of aromatic nitrogens is 4. The lowest BCUT2D eigenvalue weighted by Crippen LogP contribution is -2.51. The largest absolute Gasteiger partial charge is 0.389 e. The van der Waals surface area contributed by atoms with Gasteiger partial charge in [0.2, 0.25) is 5.95 Å². The van der Waals surface area contributed by atoms with E-state index in [4.69, 9.17) is 0 Å². The Labute approximate surface area is 173 Å². The van der Waals surface area contributed by atoms with E-state index in [0.29, 0.717) is 36.5 Å². The van der Waals surface area contributed by atoms with E-state index in [-0.39, 0.29) is 30.4 Å². The molecule has 4 rings (SSSR count). The van der Waals surface area contributed by atoms with E-state index in [0.717, 1.165) is 5.56 Å². The summed E-state index contributed by atoms with van der Waals surface area (Å²) in [6, 6.07) is 7.97. The lowest BCUT2D eigenvalue weighted by Gasteiger charge is -2.37. The van der Waals surface area contributed by atoms with Crippen LogP contribution in [0.3, 0.4) is 0 Å². The van der Waals surface area contributed by atoms with Gasteiger partial charge in [0.05, 0.1) is 18.3 Å². The molecule has 1 atom stereocenters. The molecule has 2 aromatic heterocycles. The Balaban J connectivity index is 0.00000240. The van der Waals surface area contributed by atoms with E-state index >= 15 is 0 Å². The predicted molar refractivity (Wildman–Crippen MR) is 111 cm³/mol. The fourth-order valence-electron chi connectivity index (χ4n) is 2.89. The molecule has 3 N–H and O–H groups in total. The Bertz CT molecular complexity index is 939. The SMILES string of the molecule is CC(Nc1nc(Nc2cnccn2)cc(N2CC(O)C2)n1)c1ccc(F)cc1.Cl. The minimum atomic E-state index is -0.346. The Morgan fingerprint density at radius 2 is 1.90 bits per heavy atom. The first-order valence-corrected chi connectivity index (χ1v) is 8.94. The quantitative estimate of drug-likeness (QED) is 0.563. The molecule has 29 heavy (non-hydrogen) atoms. The minimum Gasteiger partial charge on any atom is -0.389 e. The molecule has 0 aliphatic carbocycles. The average molecular weight is 418 g/mol. The predicted octanol–water partition coefficient (Wildman–Crippen LogP) is 2.93. The van der Waals surface area contributed by atoms with Crippen molar-refractivity contribution in [1.82, 2.24) is 19.9 Å². The molecule has 1 aromatic carbocycles. The average Bonchev–Trinajstić information content (AvgIpc) is 2.66. The highest BCUT2D eigenvalue weighted by molar-refractivity contribution is 5.85. The molecule has 8 nitrogen and oxygen atoms in total. The summed E-state index contributed by atoms with van der Waals surface area (Å²) in [5, 5.41) is 16.0. The fraction of sp³-hybridized carbons (Fsp3) is 0.263. The van der Waals surface area contributed by atoms with Crippen molar-refractivity contribution >= 4 is 35.8 Å². The number of halogens is 2. The lowest BCUT2D eigenvalue weighted by atomic mass is 10.1. The summed E-state index contributed by atoms with van der Waals surface area (Å²) >= 11 is 0. The standard InChI is InChI=1S/C19H20FN7O.ClH/c1-12(13-2-4-14(20)5-3-13)23-19-25-16(24-17-9-21-6-7-22-17)8-18(26-19)27-10-15(28)11-27;/h2-9,12,15,28H,10-11H2,1H3,(H2,22,23,24,25,26);1H. The van der Waals surface area contributed by atoms with Gasteiger partial charge in [0.1, 0.15) is 23.3 Å². The van der Waals surface area contributed by atoms with Crippen LogP contribution in [0.1, 0.15) is 18.5 Å². The molecule has 1 unspecified atom stereocenters. The molecular weight excluding hydrogens is 397 g/mol. The summed E-state index contributed by atoms with van der Waals surface area (Å²) in [5.41, 5.74) is 0.915. The number of hydrogen-bond acceptors (Lipinski definition) is 8. The van der Waals surface area contributed by atoms with Crippen molar-refractivity contribution < 1.29 is 9.50 Å². The van der Waals surface area contributed by atoms with Crippen LogP contribution < -0.4 is 15.5 Å². The summed E-state index contributed by atoms with van der Waals surface area (Å²) in [7, 11) is 0. The zero-order valence-corrected chi connectivity index (χ0v) is 16.5. The van der Waals surface area contributed by atoms with Crippen molar-refractivity contribution in [2.45, 2.75) is 19.1 Å². The van der Waals surface area contributed by atoms with Crippen LogP contribution >= 0.6 is 12.4 Å². The zero-order valence-electron chi connectivity index (χ0n) is 15.7. The van der Waals surface area contributed by atoms with E-state index in [1.54, 1.807) is 36.8 Å². The third-order valence-corrected chi connectivity index (χ3v) is 4.43. The van der Waals surface area contributed by atoms with Gasteiger partial charge >= 0.3 is 0 Å². The Kier molecular flexibility index (Phi) is 6.40. The second-order valence-electron chi connectivity index (χ2n) is 6.63. The number of aliphatic hydroxyl groups is 1. The van der Waals surface area contributed by atoms with Crippen molar-refractivity contribution in [2.24, 2.45) is 0 Å². The molecule has 152 valence electrons. The van der Waals surface area contributed by atoms with Crippen molar-refractivity contribution in [3.05, 3.63) is 60.3 Å². The molecule has 0 amide bonds. The fourth-order valence-corrected chi connectivity index (χ4v) is 2.89. The third-order valence-electron chi connectivity index (χ3n) is 4.43. The molecule has 1 aliphatic heterocycles. The topological polar surface area (TPSA) is 99.1 Å². The van der Waals surface area contributed by atoms with E-state index < -0.39 is 0 Å². The lowest BCUT2D eigenvalue weighted by molar-refractivity contribution is 0.141. The summed E-state index contributed by atoms with van der Waals surface area (Å²) in [4.78, 5) is 19.3. The van der Waals surface area contributed by atoms with Crippen LogP contribution in [0, 0.1) is 5.82 Å². The highest BCUT2D eigenvalue weighted by Gasteiger charge is 2.26. The van der Waals surface area contributed by atoms with Crippen molar-refractivity contribution in [3.63, 3.8) is 0 Å². The molecule has 3 heterocycles. The van der Waals surface area contributed by atoms with Gasteiger partial charge < -0.3 is 20.6 Å². The molecular formula is C19H21ClFN7O. The van der Waals surface area contributed by atoms with Crippen molar-refractivity contribution in [2.75, 3.05) is 28.6 Å². The maximum absolute atomic E-state index is 13.2. The van der Waals surface area contributed by atoms with Gasteiger partial charge in [-0.25, -0.2) is 9.37 Å². The first-order chi connectivity index (χ1) is 13.6. The zero-order chi connectivity index (χ0) is 19.5. The Morgan fingerprint density at radius 1 is 1.14 bits per heavy atom. The van der Waals surface area contributed by atoms with E-state index in [1.165, 1.54) is 12.1 Å². The first-order valence-electron chi connectivity index (χ1n) is 8.94. The molecule has 1 saturated heterocycles. The van der Waals surface area contributed by atoms with Crippen molar-refractivity contribution in [1.29, 1.82) is 0 Å². The van der Waals surface area contributed by atoms with E-state index in [9.17, 15) is 9.50 Å². The normalized spacial score (nSPS) is 14.5. The van der Waals surface area contributed by atoms with Crippen LogP contribution in [0.4, 0.5) is 27.8 Å². The highest BCUT2D eigenvalue weighted by atomic mass is 35.5. The third kappa shape index (κ3) is 5.07. The number of β-amino-alcohol motifs (C(OH)–C–C–N with tert-alkyl or cyclic N) is 1. The Hall–Kier alpha value is -3.04. The summed E-state index contributed by atoms with van der Waals surface area (Å²) < 4.78 is 13.2.